The Kier molecular flexibility index (Phi) is 15.6. The Labute approximate surface area is 277 Å². The zero-order valence-corrected chi connectivity index (χ0v) is 30.7. The lowest BCUT2D eigenvalue weighted by molar-refractivity contribution is 0.0175. The summed E-state index contributed by atoms with van der Waals surface area (Å²) in [5.41, 5.74) is 2.45. The molecule has 1 atom stereocenters. The molecule has 0 heterocycles. The van der Waals surface area contributed by atoms with E-state index in [9.17, 15) is 19.8 Å². The molecule has 0 spiro atoms. The standard InChI is InChI=1S/C38H60O8/c1-25(2)17-14-18-26(3)19-15-20-27(4)21-16-23-38(13,42)24-22-30-31(39)33(44-35(41)46-37(10,11)12)29(6)28(5)32(30)43-34(40)45-36(7,8)9/h17,19,21,39,42H,14-16,18,20,22-24H2,1-13H3/b26-19+,27-21+/t38-/m1/s1. The maximum atomic E-state index is 12.7. The molecular formula is C38H60O8. The minimum atomic E-state index is -1.08. The summed E-state index contributed by atoms with van der Waals surface area (Å²) in [7, 11) is 0. The number of phenolic OH excluding ortho intramolecular Hbond substituents is 1. The van der Waals surface area contributed by atoms with Gasteiger partial charge in [0.05, 0.1) is 5.60 Å². The zero-order chi connectivity index (χ0) is 35.5. The Morgan fingerprint density at radius 2 is 1.11 bits per heavy atom. The van der Waals surface area contributed by atoms with Gasteiger partial charge in [0.25, 0.3) is 0 Å². The van der Waals surface area contributed by atoms with Gasteiger partial charge in [0.15, 0.2) is 11.5 Å². The minimum absolute atomic E-state index is 0.0854. The van der Waals surface area contributed by atoms with Gasteiger partial charge in [0.2, 0.25) is 0 Å². The minimum Gasteiger partial charge on any atom is -0.504 e. The second-order valence-corrected chi connectivity index (χ2v) is 14.9. The van der Waals surface area contributed by atoms with E-state index in [2.05, 4.69) is 45.9 Å². The van der Waals surface area contributed by atoms with Crippen molar-refractivity contribution in [2.75, 3.05) is 0 Å². The molecule has 0 saturated heterocycles. The van der Waals surface area contributed by atoms with Crippen LogP contribution in [0.15, 0.2) is 34.9 Å². The Morgan fingerprint density at radius 1 is 0.674 bits per heavy atom. The highest BCUT2D eigenvalue weighted by atomic mass is 16.7. The Hall–Kier alpha value is -3.26. The van der Waals surface area contributed by atoms with E-state index in [1.54, 1.807) is 62.3 Å². The van der Waals surface area contributed by atoms with Crippen LogP contribution >= 0.6 is 0 Å². The van der Waals surface area contributed by atoms with Crippen molar-refractivity contribution in [1.29, 1.82) is 0 Å². The first-order valence-corrected chi connectivity index (χ1v) is 16.3. The third-order valence-corrected chi connectivity index (χ3v) is 7.38. The van der Waals surface area contributed by atoms with Gasteiger partial charge >= 0.3 is 12.3 Å². The van der Waals surface area contributed by atoms with Crippen LogP contribution in [0.5, 0.6) is 17.2 Å². The Bertz CT molecular complexity index is 1280. The van der Waals surface area contributed by atoms with Crippen molar-refractivity contribution in [3.63, 3.8) is 0 Å². The first-order chi connectivity index (χ1) is 21.0. The maximum absolute atomic E-state index is 12.7. The summed E-state index contributed by atoms with van der Waals surface area (Å²) in [5.74, 6) is -0.336. The van der Waals surface area contributed by atoms with Crippen molar-refractivity contribution in [3.8, 4) is 17.2 Å². The quantitative estimate of drug-likeness (QED) is 0.117. The van der Waals surface area contributed by atoms with Gasteiger partial charge in [-0.25, -0.2) is 9.59 Å². The van der Waals surface area contributed by atoms with Crippen LogP contribution in [-0.4, -0.2) is 39.3 Å². The van der Waals surface area contributed by atoms with E-state index < -0.39 is 29.1 Å². The lowest BCUT2D eigenvalue weighted by Gasteiger charge is -2.26. The van der Waals surface area contributed by atoms with E-state index >= 15 is 0 Å². The number of allylic oxidation sites excluding steroid dienone is 6. The third-order valence-electron chi connectivity index (χ3n) is 7.38. The van der Waals surface area contributed by atoms with E-state index in [4.69, 9.17) is 18.9 Å². The summed E-state index contributed by atoms with van der Waals surface area (Å²) in [4.78, 5) is 25.2. The molecule has 1 aromatic carbocycles. The van der Waals surface area contributed by atoms with Crippen molar-refractivity contribution >= 4 is 12.3 Å². The number of aromatic hydroxyl groups is 1. The van der Waals surface area contributed by atoms with Gasteiger partial charge in [0, 0.05) is 11.1 Å². The molecule has 0 aromatic heterocycles. The lowest BCUT2D eigenvalue weighted by Crippen LogP contribution is -2.27. The first-order valence-electron chi connectivity index (χ1n) is 16.3. The summed E-state index contributed by atoms with van der Waals surface area (Å²) >= 11 is 0. The van der Waals surface area contributed by atoms with Gasteiger partial charge in [-0.15, -0.1) is 0 Å². The number of hydrogen-bond donors (Lipinski definition) is 2. The average Bonchev–Trinajstić information content (AvgIpc) is 2.87. The third kappa shape index (κ3) is 15.8. The fraction of sp³-hybridized carbons (Fsp3) is 0.632. The molecule has 8 heteroatoms. The fourth-order valence-corrected chi connectivity index (χ4v) is 4.68. The molecule has 0 radical (unpaired) electrons. The highest BCUT2D eigenvalue weighted by Gasteiger charge is 2.30. The number of rotatable bonds is 14. The van der Waals surface area contributed by atoms with Crippen molar-refractivity contribution in [3.05, 3.63) is 51.6 Å². The number of phenols is 1. The molecule has 260 valence electrons. The maximum Gasteiger partial charge on any atom is 0.514 e. The molecular weight excluding hydrogens is 584 g/mol. The van der Waals surface area contributed by atoms with Crippen molar-refractivity contribution in [2.24, 2.45) is 0 Å². The number of benzene rings is 1. The number of carbonyl (C=O) groups excluding carboxylic acids is 2. The normalized spacial score (nSPS) is 14.0. The van der Waals surface area contributed by atoms with Crippen molar-refractivity contribution in [2.45, 2.75) is 158 Å². The summed E-state index contributed by atoms with van der Waals surface area (Å²) in [6.45, 7) is 23.9. The van der Waals surface area contributed by atoms with Gasteiger partial charge in [-0.05, 0) is 147 Å². The number of hydrogen-bond acceptors (Lipinski definition) is 8. The van der Waals surface area contributed by atoms with E-state index in [0.29, 0.717) is 24.0 Å². The number of carbonyl (C=O) groups is 2. The van der Waals surface area contributed by atoms with E-state index in [1.165, 1.54) is 16.7 Å². The highest BCUT2D eigenvalue weighted by Crippen LogP contribution is 2.45. The molecule has 0 amide bonds. The predicted octanol–water partition coefficient (Wildman–Crippen LogP) is 10.5. The molecule has 2 N–H and O–H groups in total. The molecule has 1 rings (SSSR count). The predicted molar refractivity (Wildman–Crippen MR) is 185 cm³/mol. The first kappa shape index (κ1) is 40.8. The smallest absolute Gasteiger partial charge is 0.504 e. The molecule has 46 heavy (non-hydrogen) atoms. The molecule has 0 bridgehead atoms. The van der Waals surface area contributed by atoms with Crippen LogP contribution in [0.4, 0.5) is 9.59 Å². The van der Waals surface area contributed by atoms with E-state index in [1.807, 2.05) is 0 Å². The van der Waals surface area contributed by atoms with Crippen LogP contribution in [0.25, 0.3) is 0 Å². The van der Waals surface area contributed by atoms with Crippen LogP contribution in [0.1, 0.15) is 138 Å². The van der Waals surface area contributed by atoms with E-state index in [-0.39, 0.29) is 35.7 Å². The molecule has 0 aliphatic heterocycles. The van der Waals surface area contributed by atoms with Crippen LogP contribution in [-0.2, 0) is 15.9 Å². The molecule has 0 aliphatic carbocycles. The van der Waals surface area contributed by atoms with Gasteiger partial charge in [-0.1, -0.05) is 34.9 Å². The largest absolute Gasteiger partial charge is 0.514 e. The van der Waals surface area contributed by atoms with Crippen LogP contribution in [0.2, 0.25) is 0 Å². The van der Waals surface area contributed by atoms with Gasteiger partial charge in [0.1, 0.15) is 17.0 Å². The summed E-state index contributed by atoms with van der Waals surface area (Å²) in [6.07, 6.45) is 10.5. The van der Waals surface area contributed by atoms with Crippen molar-refractivity contribution in [1.82, 2.24) is 0 Å². The number of ether oxygens (including phenoxy) is 4. The van der Waals surface area contributed by atoms with Crippen molar-refractivity contribution < 1.29 is 38.7 Å². The second-order valence-electron chi connectivity index (χ2n) is 14.9. The summed E-state index contributed by atoms with van der Waals surface area (Å²) in [6, 6.07) is 0. The van der Waals surface area contributed by atoms with Gasteiger partial charge in [-0.3, -0.25) is 0 Å². The molecule has 8 nitrogen and oxygen atoms in total. The monoisotopic (exact) mass is 644 g/mol. The second kappa shape index (κ2) is 17.6. The zero-order valence-electron chi connectivity index (χ0n) is 30.7. The summed E-state index contributed by atoms with van der Waals surface area (Å²) < 4.78 is 21.7. The van der Waals surface area contributed by atoms with Crippen LogP contribution in [0, 0.1) is 13.8 Å². The number of aliphatic hydroxyl groups is 1. The Balaban J connectivity index is 3.11. The van der Waals surface area contributed by atoms with Gasteiger partial charge in [-0.2, -0.15) is 0 Å². The Morgan fingerprint density at radius 3 is 1.59 bits per heavy atom. The van der Waals surface area contributed by atoms with Crippen LogP contribution < -0.4 is 9.47 Å². The van der Waals surface area contributed by atoms with Gasteiger partial charge < -0.3 is 29.2 Å². The lowest BCUT2D eigenvalue weighted by atomic mass is 9.89. The fourth-order valence-electron chi connectivity index (χ4n) is 4.68. The molecule has 0 fully saturated rings. The summed E-state index contributed by atoms with van der Waals surface area (Å²) in [5, 5.41) is 22.6. The highest BCUT2D eigenvalue weighted by molar-refractivity contribution is 5.73. The molecule has 0 saturated carbocycles. The SMILES string of the molecule is CC(C)=CCC/C(C)=C/CC/C(C)=C/CC[C@@](C)(O)CCc1c(O)c(OC(=O)OC(C)(C)C)c(C)c(C)c1OC(=O)OC(C)(C)C. The van der Waals surface area contributed by atoms with E-state index in [0.717, 1.165) is 25.7 Å². The molecule has 0 unspecified atom stereocenters. The topological polar surface area (TPSA) is 112 Å². The van der Waals surface area contributed by atoms with Crippen LogP contribution in [0.3, 0.4) is 0 Å². The molecule has 0 aliphatic rings. The molecule has 1 aromatic rings. The average molecular weight is 645 g/mol.